The first-order valence-corrected chi connectivity index (χ1v) is 11.1. The zero-order valence-electron chi connectivity index (χ0n) is 15.1. The van der Waals surface area contributed by atoms with Crippen LogP contribution in [0.3, 0.4) is 0 Å². The average molecular weight is 394 g/mol. The van der Waals surface area contributed by atoms with Gasteiger partial charge in [-0.05, 0) is 42.3 Å². The fraction of sp³-hybridized carbons (Fsp3) is 0.316. The molecule has 2 rings (SSSR count). The minimum atomic E-state index is -3.21. The number of nitrogens with one attached hydrogen (secondary N) is 1. The number of amides is 1. The molecule has 2 aromatic carbocycles. The third kappa shape index (κ3) is 6.07. The zero-order valence-corrected chi connectivity index (χ0v) is 16.7. The normalized spacial score (nSPS) is 12.4. The molecule has 1 atom stereocenters. The van der Waals surface area contributed by atoms with Gasteiger partial charge in [0.05, 0.1) is 23.8 Å². The Morgan fingerprint density at radius 3 is 2.27 bits per heavy atom. The van der Waals surface area contributed by atoms with Crippen molar-refractivity contribution >= 4 is 27.5 Å². The summed E-state index contributed by atoms with van der Waals surface area (Å²) in [4.78, 5) is 12.4. The highest BCUT2D eigenvalue weighted by Crippen LogP contribution is 2.18. The Morgan fingerprint density at radius 1 is 1.12 bits per heavy atom. The van der Waals surface area contributed by atoms with Crippen LogP contribution in [-0.4, -0.2) is 33.4 Å². The summed E-state index contributed by atoms with van der Waals surface area (Å²) in [5.41, 5.74) is 2.00. The number of methoxy groups -OCH3 is 1. The molecular weight excluding hydrogens is 370 g/mol. The van der Waals surface area contributed by atoms with E-state index in [1.807, 2.05) is 31.2 Å². The molecule has 0 heterocycles. The van der Waals surface area contributed by atoms with Crippen LogP contribution in [0, 0.1) is 0 Å². The lowest BCUT2D eigenvalue weighted by atomic mass is 10.1. The van der Waals surface area contributed by atoms with Crippen LogP contribution in [0.25, 0.3) is 0 Å². The van der Waals surface area contributed by atoms with Crippen molar-refractivity contribution in [2.24, 2.45) is 0 Å². The first-order chi connectivity index (χ1) is 12.3. The second-order valence-corrected chi connectivity index (χ2v) is 8.97. The second kappa shape index (κ2) is 9.09. The molecular formula is C19H23NO4S2. The maximum absolute atomic E-state index is 12.1. The summed E-state index contributed by atoms with van der Waals surface area (Å²) in [6, 6.07) is 14.2. The van der Waals surface area contributed by atoms with Crippen LogP contribution in [0.4, 0.5) is 0 Å². The monoisotopic (exact) mass is 393 g/mol. The van der Waals surface area contributed by atoms with Gasteiger partial charge in [0.2, 0.25) is 5.91 Å². The minimum Gasteiger partial charge on any atom is -0.497 e. The number of carbonyl (C=O) groups excluding carboxylic acids is 1. The standard InChI is InChI=1S/C19H23NO4S2/c1-14(16-6-10-18(11-7-16)26(3,22)23)20-19(21)13-25-12-15-4-8-17(24-2)9-5-15/h4-11,14H,12-13H2,1-3H3,(H,20,21)/t14-/m0/s1. The summed E-state index contributed by atoms with van der Waals surface area (Å²) in [7, 11) is -1.58. The molecule has 0 saturated carbocycles. The molecule has 2 aromatic rings. The number of carbonyl (C=O) groups is 1. The number of ether oxygens (including phenoxy) is 1. The number of benzene rings is 2. The molecule has 0 aliphatic rings. The Morgan fingerprint density at radius 2 is 1.73 bits per heavy atom. The Hall–Kier alpha value is -1.99. The first-order valence-electron chi connectivity index (χ1n) is 8.09. The predicted octanol–water partition coefficient (Wildman–Crippen LogP) is 3.21. The number of sulfone groups is 1. The van der Waals surface area contributed by atoms with Crippen molar-refractivity contribution in [2.75, 3.05) is 19.1 Å². The summed E-state index contributed by atoms with van der Waals surface area (Å²) in [5, 5.41) is 2.93. The summed E-state index contributed by atoms with van der Waals surface area (Å²) in [6.45, 7) is 1.88. The van der Waals surface area contributed by atoms with Gasteiger partial charge in [-0.3, -0.25) is 4.79 Å². The molecule has 0 unspecified atom stereocenters. The number of hydrogen-bond acceptors (Lipinski definition) is 5. The van der Waals surface area contributed by atoms with E-state index < -0.39 is 9.84 Å². The van der Waals surface area contributed by atoms with Crippen LogP contribution in [0.2, 0.25) is 0 Å². The van der Waals surface area contributed by atoms with Crippen molar-refractivity contribution in [2.45, 2.75) is 23.6 Å². The quantitative estimate of drug-likeness (QED) is 0.746. The van der Waals surface area contributed by atoms with E-state index >= 15 is 0 Å². The number of hydrogen-bond donors (Lipinski definition) is 1. The smallest absolute Gasteiger partial charge is 0.230 e. The summed E-state index contributed by atoms with van der Waals surface area (Å²) >= 11 is 1.54. The molecule has 5 nitrogen and oxygen atoms in total. The van der Waals surface area contributed by atoms with Crippen molar-refractivity contribution in [3.05, 3.63) is 59.7 Å². The van der Waals surface area contributed by atoms with Gasteiger partial charge in [0.15, 0.2) is 9.84 Å². The third-order valence-corrected chi connectivity index (χ3v) is 5.98. The maximum atomic E-state index is 12.1. The van der Waals surface area contributed by atoms with Gasteiger partial charge in [0, 0.05) is 12.0 Å². The van der Waals surface area contributed by atoms with E-state index in [4.69, 9.17) is 4.74 Å². The highest BCUT2D eigenvalue weighted by atomic mass is 32.2. The average Bonchev–Trinajstić information content (AvgIpc) is 2.61. The van der Waals surface area contributed by atoms with Crippen molar-refractivity contribution in [1.82, 2.24) is 5.32 Å². The Kier molecular flexibility index (Phi) is 7.11. The maximum Gasteiger partial charge on any atom is 0.230 e. The SMILES string of the molecule is COc1ccc(CSCC(=O)N[C@@H](C)c2ccc(S(C)(=O)=O)cc2)cc1. The van der Waals surface area contributed by atoms with Gasteiger partial charge in [0.25, 0.3) is 0 Å². The van der Waals surface area contributed by atoms with Gasteiger partial charge in [-0.15, -0.1) is 11.8 Å². The molecule has 0 bridgehead atoms. The molecule has 0 spiro atoms. The lowest BCUT2D eigenvalue weighted by molar-refractivity contribution is -0.119. The van der Waals surface area contributed by atoms with E-state index in [-0.39, 0.29) is 16.8 Å². The molecule has 0 aliphatic heterocycles. The van der Waals surface area contributed by atoms with Crippen LogP contribution in [0.15, 0.2) is 53.4 Å². The molecule has 7 heteroatoms. The Bertz CT molecular complexity index is 831. The number of rotatable bonds is 8. The third-order valence-electron chi connectivity index (χ3n) is 3.85. The molecule has 0 fully saturated rings. The van der Waals surface area contributed by atoms with Crippen molar-refractivity contribution in [3.63, 3.8) is 0 Å². The first kappa shape index (κ1) is 20.3. The van der Waals surface area contributed by atoms with Crippen molar-refractivity contribution in [1.29, 1.82) is 0 Å². The molecule has 26 heavy (non-hydrogen) atoms. The van der Waals surface area contributed by atoms with E-state index in [1.165, 1.54) is 18.0 Å². The van der Waals surface area contributed by atoms with E-state index in [2.05, 4.69) is 5.32 Å². The summed E-state index contributed by atoms with van der Waals surface area (Å²) < 4.78 is 28.1. The van der Waals surface area contributed by atoms with E-state index in [1.54, 1.807) is 31.4 Å². The van der Waals surface area contributed by atoms with E-state index in [0.29, 0.717) is 5.75 Å². The largest absolute Gasteiger partial charge is 0.497 e. The fourth-order valence-corrected chi connectivity index (χ4v) is 3.78. The van der Waals surface area contributed by atoms with Gasteiger partial charge in [-0.2, -0.15) is 0 Å². The van der Waals surface area contributed by atoms with Crippen LogP contribution in [0.1, 0.15) is 24.1 Å². The highest BCUT2D eigenvalue weighted by molar-refractivity contribution is 7.99. The predicted molar refractivity (Wildman–Crippen MR) is 105 cm³/mol. The van der Waals surface area contributed by atoms with Crippen LogP contribution >= 0.6 is 11.8 Å². The van der Waals surface area contributed by atoms with Gasteiger partial charge in [-0.1, -0.05) is 24.3 Å². The molecule has 1 N–H and O–H groups in total. The van der Waals surface area contributed by atoms with E-state index in [9.17, 15) is 13.2 Å². The van der Waals surface area contributed by atoms with Gasteiger partial charge >= 0.3 is 0 Å². The minimum absolute atomic E-state index is 0.0526. The second-order valence-electron chi connectivity index (χ2n) is 5.97. The molecule has 0 aliphatic carbocycles. The fourth-order valence-electron chi connectivity index (χ4n) is 2.35. The molecule has 0 radical (unpaired) electrons. The number of thioether (sulfide) groups is 1. The van der Waals surface area contributed by atoms with Crippen LogP contribution < -0.4 is 10.1 Å². The van der Waals surface area contributed by atoms with Gasteiger partial charge in [-0.25, -0.2) is 8.42 Å². The highest BCUT2D eigenvalue weighted by Gasteiger charge is 2.12. The van der Waals surface area contributed by atoms with Gasteiger partial charge < -0.3 is 10.1 Å². The molecule has 140 valence electrons. The van der Waals surface area contributed by atoms with Crippen molar-refractivity contribution < 1.29 is 17.9 Å². The molecule has 0 aromatic heterocycles. The zero-order chi connectivity index (χ0) is 19.2. The molecule has 0 saturated heterocycles. The Labute approximate surface area is 159 Å². The summed E-state index contributed by atoms with van der Waals surface area (Å²) in [5.74, 6) is 1.86. The van der Waals surface area contributed by atoms with Crippen LogP contribution in [0.5, 0.6) is 5.75 Å². The van der Waals surface area contributed by atoms with Crippen molar-refractivity contribution in [3.8, 4) is 5.75 Å². The lowest BCUT2D eigenvalue weighted by Crippen LogP contribution is -2.28. The van der Waals surface area contributed by atoms with Gasteiger partial charge in [0.1, 0.15) is 5.75 Å². The van der Waals surface area contributed by atoms with Crippen LogP contribution in [-0.2, 0) is 20.4 Å². The van der Waals surface area contributed by atoms with E-state index in [0.717, 1.165) is 22.6 Å². The summed E-state index contributed by atoms with van der Waals surface area (Å²) in [6.07, 6.45) is 1.17. The topological polar surface area (TPSA) is 72.5 Å². The molecule has 1 amide bonds. The Balaban J connectivity index is 1.81. The lowest BCUT2D eigenvalue weighted by Gasteiger charge is -2.14.